The van der Waals surface area contributed by atoms with Crippen LogP contribution in [0.4, 0.5) is 4.79 Å². The Morgan fingerprint density at radius 2 is 2.03 bits per heavy atom. The van der Waals surface area contributed by atoms with Gasteiger partial charge >= 0.3 is 6.09 Å². The van der Waals surface area contributed by atoms with E-state index < -0.39 is 5.79 Å². The fraction of sp³-hybridized carbons (Fsp3) is 0.423. The van der Waals surface area contributed by atoms with Crippen LogP contribution in [0, 0.1) is 0 Å². The Morgan fingerprint density at radius 1 is 1.24 bits per heavy atom. The number of benzene rings is 2. The highest BCUT2D eigenvalue weighted by atomic mass is 35.5. The van der Waals surface area contributed by atoms with Crippen LogP contribution >= 0.6 is 11.6 Å². The number of rotatable bonds is 5. The smallest absolute Gasteiger partial charge is 0.410 e. The lowest BCUT2D eigenvalue weighted by atomic mass is 9.92. The van der Waals surface area contributed by atoms with Gasteiger partial charge in [-0.05, 0) is 68.7 Å². The molecule has 1 amide bonds. The summed E-state index contributed by atoms with van der Waals surface area (Å²) in [4.78, 5) is 18.2. The second-order valence-corrected chi connectivity index (χ2v) is 9.52. The summed E-state index contributed by atoms with van der Waals surface area (Å²) in [6.45, 7) is 7.42. The Hall–Kier alpha value is -2.74. The first-order chi connectivity index (χ1) is 16.3. The molecule has 0 saturated carbocycles. The zero-order valence-corrected chi connectivity index (χ0v) is 20.4. The van der Waals surface area contributed by atoms with Gasteiger partial charge < -0.3 is 23.9 Å². The maximum absolute atomic E-state index is 12.8. The van der Waals surface area contributed by atoms with Crippen molar-refractivity contribution in [3.05, 3.63) is 64.3 Å². The molecule has 0 bridgehead atoms. The van der Waals surface area contributed by atoms with E-state index in [9.17, 15) is 4.79 Å². The van der Waals surface area contributed by atoms with Crippen molar-refractivity contribution >= 4 is 28.6 Å². The van der Waals surface area contributed by atoms with Crippen LogP contribution in [0.2, 0.25) is 5.02 Å². The van der Waals surface area contributed by atoms with Crippen molar-refractivity contribution in [2.45, 2.75) is 45.1 Å². The van der Waals surface area contributed by atoms with Crippen molar-refractivity contribution < 1.29 is 23.7 Å². The zero-order chi connectivity index (χ0) is 23.9. The molecule has 2 aliphatic heterocycles. The number of aromatic nitrogens is 1. The Labute approximate surface area is 203 Å². The molecule has 3 aromatic rings. The highest BCUT2D eigenvalue weighted by Gasteiger charge is 2.36. The third-order valence-electron chi connectivity index (χ3n) is 6.29. The second-order valence-electron chi connectivity index (χ2n) is 9.08. The number of ether oxygens (including phenoxy) is 4. The molecule has 34 heavy (non-hydrogen) atoms. The molecular formula is C26H29ClN2O5. The second kappa shape index (κ2) is 9.13. The molecule has 180 valence electrons. The number of fused-ring (bicyclic) bond motifs is 3. The van der Waals surface area contributed by atoms with Crippen molar-refractivity contribution in [3.63, 3.8) is 0 Å². The zero-order valence-electron chi connectivity index (χ0n) is 19.6. The number of aromatic amines is 1. The number of halogens is 1. The number of hydrogen-bond donors (Lipinski definition) is 1. The normalized spacial score (nSPS) is 21.5. The average Bonchev–Trinajstić information content (AvgIpc) is 3.36. The van der Waals surface area contributed by atoms with E-state index in [1.165, 1.54) is 5.56 Å². The molecule has 7 nitrogen and oxygen atoms in total. The van der Waals surface area contributed by atoms with Crippen molar-refractivity contribution in [1.29, 1.82) is 0 Å². The van der Waals surface area contributed by atoms with Crippen LogP contribution in [0.3, 0.4) is 0 Å². The molecule has 2 aliphatic rings. The van der Waals surface area contributed by atoms with Crippen LogP contribution < -0.4 is 4.74 Å². The van der Waals surface area contributed by atoms with E-state index in [1.807, 2.05) is 63.2 Å². The molecule has 1 N–H and O–H groups in total. The largest absolute Gasteiger partial charge is 0.491 e. The number of nitrogens with one attached hydrogen (secondary N) is 1. The summed E-state index contributed by atoms with van der Waals surface area (Å²) in [5.41, 5.74) is 4.15. The minimum Gasteiger partial charge on any atom is -0.491 e. The molecule has 3 heterocycles. The first-order valence-corrected chi connectivity index (χ1v) is 12.0. The van der Waals surface area contributed by atoms with Crippen LogP contribution in [0.15, 0.2) is 42.5 Å². The topological polar surface area (TPSA) is 73.0 Å². The molecule has 2 aromatic carbocycles. The van der Waals surface area contributed by atoms with Gasteiger partial charge in [0.2, 0.25) is 0 Å². The van der Waals surface area contributed by atoms with Crippen molar-refractivity contribution in [2.75, 3.05) is 26.4 Å². The van der Waals surface area contributed by atoms with Gasteiger partial charge in [-0.15, -0.1) is 0 Å². The van der Waals surface area contributed by atoms with Gasteiger partial charge in [-0.2, -0.15) is 0 Å². The lowest BCUT2D eigenvalue weighted by Gasteiger charge is -2.35. The first-order valence-electron chi connectivity index (χ1n) is 11.6. The van der Waals surface area contributed by atoms with Crippen LogP contribution in [-0.2, 0) is 20.6 Å². The molecule has 0 radical (unpaired) electrons. The van der Waals surface area contributed by atoms with E-state index in [2.05, 4.69) is 4.98 Å². The highest BCUT2D eigenvalue weighted by Crippen LogP contribution is 2.39. The summed E-state index contributed by atoms with van der Waals surface area (Å²) in [6.07, 6.45) is 0.302. The van der Waals surface area contributed by atoms with Crippen LogP contribution in [0.25, 0.3) is 10.9 Å². The average molecular weight is 485 g/mol. The summed E-state index contributed by atoms with van der Waals surface area (Å²) in [5, 5.41) is 1.79. The third kappa shape index (κ3) is 4.48. The van der Waals surface area contributed by atoms with E-state index in [0.717, 1.165) is 34.3 Å². The molecule has 1 fully saturated rings. The summed E-state index contributed by atoms with van der Waals surface area (Å²) < 4.78 is 22.7. The predicted octanol–water partition coefficient (Wildman–Crippen LogP) is 5.46. The first kappa shape index (κ1) is 23.0. The lowest BCUT2D eigenvalue weighted by molar-refractivity contribution is -0.141. The Kier molecular flexibility index (Phi) is 6.18. The van der Waals surface area contributed by atoms with Crippen molar-refractivity contribution in [3.8, 4) is 5.75 Å². The number of H-pyrrole nitrogens is 1. The molecular weight excluding hydrogens is 456 g/mol. The maximum Gasteiger partial charge on any atom is 0.410 e. The fourth-order valence-corrected chi connectivity index (χ4v) is 4.96. The van der Waals surface area contributed by atoms with Crippen LogP contribution in [-0.4, -0.2) is 54.2 Å². The van der Waals surface area contributed by atoms with E-state index >= 15 is 0 Å². The van der Waals surface area contributed by atoms with Gasteiger partial charge in [-0.3, -0.25) is 4.90 Å². The highest BCUT2D eigenvalue weighted by molar-refractivity contribution is 6.31. The quantitative estimate of drug-likeness (QED) is 0.521. The maximum atomic E-state index is 12.8. The van der Waals surface area contributed by atoms with Crippen molar-refractivity contribution in [1.82, 2.24) is 9.88 Å². The van der Waals surface area contributed by atoms with Crippen LogP contribution in [0.5, 0.6) is 5.75 Å². The van der Waals surface area contributed by atoms with Crippen LogP contribution in [0.1, 0.15) is 43.6 Å². The number of carbonyl (C=O) groups excluding carboxylic acids is 1. The number of nitrogens with zero attached hydrogens (tertiary/aromatic N) is 1. The molecule has 0 unspecified atom stereocenters. The molecule has 1 aromatic heterocycles. The summed E-state index contributed by atoms with van der Waals surface area (Å²) >= 11 is 6.27. The molecule has 5 rings (SSSR count). The summed E-state index contributed by atoms with van der Waals surface area (Å²) in [6, 6.07) is 13.4. The van der Waals surface area contributed by atoms with E-state index in [-0.39, 0.29) is 18.2 Å². The third-order valence-corrected chi connectivity index (χ3v) is 6.53. The number of amides is 1. The number of hydrogen-bond acceptors (Lipinski definition) is 5. The van der Waals surface area contributed by atoms with Gasteiger partial charge in [0.15, 0.2) is 5.79 Å². The van der Waals surface area contributed by atoms with Gasteiger partial charge in [-0.25, -0.2) is 4.79 Å². The summed E-state index contributed by atoms with van der Waals surface area (Å²) in [5.74, 6) is 0.163. The van der Waals surface area contributed by atoms with Gasteiger partial charge in [0.25, 0.3) is 0 Å². The molecule has 0 aliphatic carbocycles. The fourth-order valence-electron chi connectivity index (χ4n) is 4.79. The van der Waals surface area contributed by atoms with Gasteiger partial charge in [0, 0.05) is 28.2 Å². The van der Waals surface area contributed by atoms with Gasteiger partial charge in [0.05, 0.1) is 13.2 Å². The minimum atomic E-state index is -0.572. The van der Waals surface area contributed by atoms with E-state index in [0.29, 0.717) is 31.4 Å². The van der Waals surface area contributed by atoms with Gasteiger partial charge in [-0.1, -0.05) is 23.7 Å². The van der Waals surface area contributed by atoms with Crippen molar-refractivity contribution in [2.24, 2.45) is 0 Å². The predicted molar refractivity (Wildman–Crippen MR) is 129 cm³/mol. The Bertz CT molecular complexity index is 1190. The lowest BCUT2D eigenvalue weighted by Crippen LogP contribution is -2.40. The number of carbonyl (C=O) groups is 1. The Balaban J connectivity index is 1.42. The summed E-state index contributed by atoms with van der Waals surface area (Å²) in [7, 11) is 0. The SMILES string of the molecule is CCOC(=O)N1CCc2c([nH]c3ccc(Cl)cc23)[C@@H]1c1ccc(OC[C@H]2COC(C)(C)O2)cc1. The molecule has 2 atom stereocenters. The molecule has 0 spiro atoms. The van der Waals surface area contributed by atoms with E-state index in [1.54, 1.807) is 4.90 Å². The Morgan fingerprint density at radius 3 is 2.74 bits per heavy atom. The molecule has 8 heteroatoms. The van der Waals surface area contributed by atoms with E-state index in [4.69, 9.17) is 30.5 Å². The monoisotopic (exact) mass is 484 g/mol. The minimum absolute atomic E-state index is 0.104. The van der Waals surface area contributed by atoms with Gasteiger partial charge in [0.1, 0.15) is 24.5 Å². The molecule has 1 saturated heterocycles. The standard InChI is InChI=1S/C26H29ClN2O5/c1-4-31-25(30)29-12-11-20-21-13-17(27)7-10-22(21)28-23(20)24(29)16-5-8-18(9-6-16)32-14-19-15-33-26(2,3)34-19/h5-10,13,19,24,28H,4,11-12,14-15H2,1-3H3/t19-,24-/m0/s1.